The van der Waals surface area contributed by atoms with E-state index in [0.717, 1.165) is 5.39 Å². The van der Waals surface area contributed by atoms with Gasteiger partial charge >= 0.3 is 5.97 Å². The molecular formula is C16H19NO4S. The highest BCUT2D eigenvalue weighted by atomic mass is 32.2. The van der Waals surface area contributed by atoms with Gasteiger partial charge in [-0.2, -0.15) is 0 Å². The van der Waals surface area contributed by atoms with Crippen molar-refractivity contribution in [1.82, 2.24) is 4.72 Å². The van der Waals surface area contributed by atoms with E-state index in [0.29, 0.717) is 10.9 Å². The molecule has 2 rings (SSSR count). The first kappa shape index (κ1) is 16.5. The SMILES string of the molecule is Cc1ccc2ccccc2c1S(=O)(=O)NC(C)(C)CC(=O)O. The zero-order valence-corrected chi connectivity index (χ0v) is 13.6. The molecule has 0 radical (unpaired) electrons. The lowest BCUT2D eigenvalue weighted by molar-refractivity contribution is -0.138. The van der Waals surface area contributed by atoms with E-state index in [2.05, 4.69) is 4.72 Å². The van der Waals surface area contributed by atoms with Crippen molar-refractivity contribution in [3.05, 3.63) is 42.0 Å². The summed E-state index contributed by atoms with van der Waals surface area (Å²) >= 11 is 0. The van der Waals surface area contributed by atoms with Crippen molar-refractivity contribution in [1.29, 1.82) is 0 Å². The Kier molecular flexibility index (Phi) is 4.26. The van der Waals surface area contributed by atoms with E-state index >= 15 is 0 Å². The molecule has 0 aliphatic heterocycles. The molecule has 0 bridgehead atoms. The van der Waals surface area contributed by atoms with Gasteiger partial charge in [0, 0.05) is 10.9 Å². The van der Waals surface area contributed by atoms with E-state index in [-0.39, 0.29) is 11.3 Å². The van der Waals surface area contributed by atoms with Crippen LogP contribution in [0.1, 0.15) is 25.8 Å². The summed E-state index contributed by atoms with van der Waals surface area (Å²) in [6, 6.07) is 10.8. The molecule has 118 valence electrons. The van der Waals surface area contributed by atoms with Gasteiger partial charge in [-0.1, -0.05) is 36.4 Å². The molecule has 6 heteroatoms. The third kappa shape index (κ3) is 3.45. The third-order valence-electron chi connectivity index (χ3n) is 3.35. The molecule has 0 amide bonds. The second-order valence-corrected chi connectivity index (χ2v) is 7.61. The van der Waals surface area contributed by atoms with E-state index in [1.54, 1.807) is 39.0 Å². The van der Waals surface area contributed by atoms with Gasteiger partial charge in [-0.3, -0.25) is 4.79 Å². The highest BCUT2D eigenvalue weighted by molar-refractivity contribution is 7.89. The minimum atomic E-state index is -3.83. The Hall–Kier alpha value is -1.92. The maximum atomic E-state index is 12.8. The molecular weight excluding hydrogens is 302 g/mol. The molecule has 0 aromatic heterocycles. The second kappa shape index (κ2) is 5.70. The van der Waals surface area contributed by atoms with E-state index in [1.165, 1.54) is 0 Å². The maximum absolute atomic E-state index is 12.8. The lowest BCUT2D eigenvalue weighted by Crippen LogP contribution is -2.45. The van der Waals surface area contributed by atoms with E-state index in [4.69, 9.17) is 5.11 Å². The minimum Gasteiger partial charge on any atom is -0.481 e. The van der Waals surface area contributed by atoms with Crippen molar-refractivity contribution in [2.75, 3.05) is 0 Å². The molecule has 2 aromatic carbocycles. The summed E-state index contributed by atoms with van der Waals surface area (Å²) in [5.74, 6) is -1.05. The zero-order valence-electron chi connectivity index (χ0n) is 12.8. The van der Waals surface area contributed by atoms with Crippen LogP contribution in [0.2, 0.25) is 0 Å². The van der Waals surface area contributed by atoms with Crippen LogP contribution in [0.3, 0.4) is 0 Å². The van der Waals surface area contributed by atoms with Crippen molar-refractivity contribution in [3.8, 4) is 0 Å². The number of aliphatic carboxylic acids is 1. The summed E-state index contributed by atoms with van der Waals surface area (Å²) in [5, 5.41) is 10.4. The van der Waals surface area contributed by atoms with E-state index < -0.39 is 21.5 Å². The van der Waals surface area contributed by atoms with Crippen molar-refractivity contribution in [2.24, 2.45) is 0 Å². The molecule has 0 fully saturated rings. The normalized spacial score (nSPS) is 12.5. The zero-order chi connectivity index (χ0) is 16.5. The summed E-state index contributed by atoms with van der Waals surface area (Å²) in [6.07, 6.45) is -0.296. The van der Waals surface area contributed by atoms with E-state index in [9.17, 15) is 13.2 Å². The van der Waals surface area contributed by atoms with Crippen LogP contribution in [0, 0.1) is 6.92 Å². The van der Waals surface area contributed by atoms with Gasteiger partial charge in [0.1, 0.15) is 0 Å². The third-order valence-corrected chi connectivity index (χ3v) is 5.25. The van der Waals surface area contributed by atoms with Crippen LogP contribution < -0.4 is 4.72 Å². The van der Waals surface area contributed by atoms with Crippen LogP contribution in [0.4, 0.5) is 0 Å². The number of hydrogen-bond donors (Lipinski definition) is 2. The number of rotatable bonds is 5. The van der Waals surface area contributed by atoms with Crippen LogP contribution in [0.5, 0.6) is 0 Å². The Bertz CT molecular complexity index is 825. The first-order valence-electron chi connectivity index (χ1n) is 6.86. The molecule has 0 aliphatic carbocycles. The molecule has 0 saturated carbocycles. The topological polar surface area (TPSA) is 83.5 Å². The average Bonchev–Trinajstić information content (AvgIpc) is 2.34. The number of nitrogens with one attached hydrogen (secondary N) is 1. The Morgan fingerprint density at radius 3 is 2.45 bits per heavy atom. The van der Waals surface area contributed by atoms with Gasteiger partial charge in [0.25, 0.3) is 0 Å². The van der Waals surface area contributed by atoms with Crippen LogP contribution in [-0.4, -0.2) is 25.0 Å². The van der Waals surface area contributed by atoms with Crippen molar-refractivity contribution in [3.63, 3.8) is 0 Å². The number of benzene rings is 2. The molecule has 0 aliphatic rings. The first-order valence-corrected chi connectivity index (χ1v) is 8.35. The number of sulfonamides is 1. The largest absolute Gasteiger partial charge is 0.481 e. The van der Waals surface area contributed by atoms with Crippen molar-refractivity contribution < 1.29 is 18.3 Å². The highest BCUT2D eigenvalue weighted by Gasteiger charge is 2.30. The second-order valence-electron chi connectivity index (χ2n) is 5.99. The average molecular weight is 321 g/mol. The Balaban J connectivity index is 2.55. The summed E-state index contributed by atoms with van der Waals surface area (Å²) in [7, 11) is -3.83. The smallest absolute Gasteiger partial charge is 0.305 e. The molecule has 0 saturated heterocycles. The molecule has 5 nitrogen and oxygen atoms in total. The van der Waals surface area contributed by atoms with Crippen LogP contribution in [0.25, 0.3) is 10.8 Å². The number of carbonyl (C=O) groups is 1. The Morgan fingerprint density at radius 1 is 1.18 bits per heavy atom. The lowest BCUT2D eigenvalue weighted by Gasteiger charge is -2.25. The van der Waals surface area contributed by atoms with Gasteiger partial charge < -0.3 is 5.11 Å². The van der Waals surface area contributed by atoms with Crippen LogP contribution in [-0.2, 0) is 14.8 Å². The molecule has 22 heavy (non-hydrogen) atoms. The minimum absolute atomic E-state index is 0.198. The fraction of sp³-hybridized carbons (Fsp3) is 0.312. The van der Waals surface area contributed by atoms with Crippen LogP contribution in [0.15, 0.2) is 41.3 Å². The summed E-state index contributed by atoms with van der Waals surface area (Å²) in [6.45, 7) is 4.84. The monoisotopic (exact) mass is 321 g/mol. The van der Waals surface area contributed by atoms with Gasteiger partial charge in [0.15, 0.2) is 0 Å². The van der Waals surface area contributed by atoms with Gasteiger partial charge in [0.05, 0.1) is 11.3 Å². The van der Waals surface area contributed by atoms with Gasteiger partial charge in [0.2, 0.25) is 10.0 Å². The number of fused-ring (bicyclic) bond motifs is 1. The van der Waals surface area contributed by atoms with Gasteiger partial charge in [-0.25, -0.2) is 13.1 Å². The molecule has 2 N–H and O–H groups in total. The van der Waals surface area contributed by atoms with E-state index in [1.807, 2.05) is 18.2 Å². The summed E-state index contributed by atoms with van der Waals surface area (Å²) in [5.41, 5.74) is -0.453. The predicted octanol–water partition coefficient (Wildman–Crippen LogP) is 2.68. The summed E-state index contributed by atoms with van der Waals surface area (Å²) in [4.78, 5) is 11.1. The summed E-state index contributed by atoms with van der Waals surface area (Å²) < 4.78 is 28.0. The number of hydrogen-bond acceptors (Lipinski definition) is 3. The van der Waals surface area contributed by atoms with Crippen molar-refractivity contribution in [2.45, 2.75) is 37.6 Å². The highest BCUT2D eigenvalue weighted by Crippen LogP contribution is 2.27. The fourth-order valence-corrected chi connectivity index (χ4v) is 4.41. The Labute approximate surface area is 130 Å². The van der Waals surface area contributed by atoms with Gasteiger partial charge in [-0.15, -0.1) is 0 Å². The van der Waals surface area contributed by atoms with Crippen LogP contribution >= 0.6 is 0 Å². The van der Waals surface area contributed by atoms with Gasteiger partial charge in [-0.05, 0) is 31.7 Å². The standard InChI is InChI=1S/C16H19NO4S/c1-11-8-9-12-6-4-5-7-13(12)15(11)22(20,21)17-16(2,3)10-14(18)19/h4-9,17H,10H2,1-3H3,(H,18,19). The molecule has 0 heterocycles. The number of carboxylic acid groups (broad SMARTS) is 1. The molecule has 0 spiro atoms. The molecule has 2 aromatic rings. The van der Waals surface area contributed by atoms with Crippen molar-refractivity contribution >= 4 is 26.8 Å². The fourth-order valence-electron chi connectivity index (χ4n) is 2.54. The Morgan fingerprint density at radius 2 is 1.82 bits per heavy atom. The lowest BCUT2D eigenvalue weighted by atomic mass is 10.0. The first-order chi connectivity index (χ1) is 10.1. The molecule has 0 atom stereocenters. The quantitative estimate of drug-likeness (QED) is 0.887. The number of carboxylic acids is 1. The molecule has 0 unspecified atom stereocenters. The maximum Gasteiger partial charge on any atom is 0.305 e. The predicted molar refractivity (Wildman–Crippen MR) is 85.3 cm³/mol. The number of aryl methyl sites for hydroxylation is 1.